The molecule has 0 saturated carbocycles. The van der Waals surface area contributed by atoms with Gasteiger partial charge in [-0.3, -0.25) is 4.79 Å². The molecule has 0 atom stereocenters. The Balaban J connectivity index is 1.50. The van der Waals surface area contributed by atoms with Gasteiger partial charge in [0, 0.05) is 30.3 Å². The molecule has 148 valence electrons. The number of hydrogen-bond acceptors (Lipinski definition) is 3. The molecule has 0 fully saturated rings. The molecule has 1 heterocycles. The van der Waals surface area contributed by atoms with Crippen LogP contribution in [0.3, 0.4) is 0 Å². The highest BCUT2D eigenvalue weighted by Crippen LogP contribution is 2.19. The molecule has 1 amide bonds. The van der Waals surface area contributed by atoms with Crippen molar-refractivity contribution in [3.63, 3.8) is 0 Å². The highest BCUT2D eigenvalue weighted by atomic mass is 19.1. The summed E-state index contributed by atoms with van der Waals surface area (Å²) in [5.41, 5.74) is 3.66. The third-order valence-corrected chi connectivity index (χ3v) is 4.41. The van der Waals surface area contributed by atoms with E-state index < -0.39 is 0 Å². The maximum Gasteiger partial charge on any atom is 0.224 e. The quantitative estimate of drug-likeness (QED) is 0.524. The Morgan fingerprint density at radius 2 is 1.93 bits per heavy atom. The number of H-pyrrole nitrogens is 1. The molecule has 0 aliphatic rings. The highest BCUT2D eigenvalue weighted by Gasteiger charge is 2.09. The van der Waals surface area contributed by atoms with Gasteiger partial charge in [0.2, 0.25) is 5.91 Å². The molecule has 0 bridgehead atoms. The molecule has 6 heteroatoms. The molecule has 28 heavy (non-hydrogen) atoms. The summed E-state index contributed by atoms with van der Waals surface area (Å²) in [6.07, 6.45) is 1.95. The van der Waals surface area contributed by atoms with Gasteiger partial charge in [-0.15, -0.1) is 0 Å². The number of aromatic amines is 1. The van der Waals surface area contributed by atoms with Gasteiger partial charge in [-0.1, -0.05) is 24.3 Å². The van der Waals surface area contributed by atoms with Gasteiger partial charge < -0.3 is 19.8 Å². The van der Waals surface area contributed by atoms with Gasteiger partial charge in [0.05, 0.1) is 26.2 Å². The summed E-state index contributed by atoms with van der Waals surface area (Å²) in [5.74, 6) is -0.419. The number of fused-ring (bicyclic) bond motifs is 1. The number of aromatic nitrogens is 1. The molecular formula is C22H25FN2O3. The van der Waals surface area contributed by atoms with Crippen molar-refractivity contribution in [1.29, 1.82) is 0 Å². The van der Waals surface area contributed by atoms with Crippen LogP contribution in [0.2, 0.25) is 0 Å². The van der Waals surface area contributed by atoms with Crippen molar-refractivity contribution in [1.82, 2.24) is 10.3 Å². The van der Waals surface area contributed by atoms with E-state index in [1.807, 2.05) is 31.2 Å². The van der Waals surface area contributed by atoms with Gasteiger partial charge in [0.15, 0.2) is 0 Å². The Morgan fingerprint density at radius 1 is 1.11 bits per heavy atom. The van der Waals surface area contributed by atoms with Crippen LogP contribution >= 0.6 is 0 Å². The van der Waals surface area contributed by atoms with E-state index in [4.69, 9.17) is 9.47 Å². The SMILES string of the molecule is CCOCCOCc1cccc(CNC(=O)Cc2c[nH]c3ccc(F)cc23)c1. The third kappa shape index (κ3) is 5.65. The van der Waals surface area contributed by atoms with Crippen LogP contribution in [0.25, 0.3) is 10.9 Å². The lowest BCUT2D eigenvalue weighted by Gasteiger charge is -2.08. The molecule has 0 radical (unpaired) electrons. The average molecular weight is 384 g/mol. The van der Waals surface area contributed by atoms with Gasteiger partial charge >= 0.3 is 0 Å². The highest BCUT2D eigenvalue weighted by molar-refractivity contribution is 5.88. The normalized spacial score (nSPS) is 11.1. The maximum absolute atomic E-state index is 13.5. The van der Waals surface area contributed by atoms with E-state index >= 15 is 0 Å². The fourth-order valence-electron chi connectivity index (χ4n) is 3.01. The minimum absolute atomic E-state index is 0.108. The number of carbonyl (C=O) groups is 1. The smallest absolute Gasteiger partial charge is 0.224 e. The van der Waals surface area contributed by atoms with Crippen LogP contribution in [-0.2, 0) is 33.8 Å². The minimum Gasteiger partial charge on any atom is -0.379 e. The fraction of sp³-hybridized carbons (Fsp3) is 0.318. The lowest BCUT2D eigenvalue weighted by atomic mass is 10.1. The van der Waals surface area contributed by atoms with E-state index in [9.17, 15) is 9.18 Å². The molecule has 0 aliphatic carbocycles. The molecular weight excluding hydrogens is 359 g/mol. The first-order valence-corrected chi connectivity index (χ1v) is 9.41. The van der Waals surface area contributed by atoms with Crippen LogP contribution in [0.4, 0.5) is 4.39 Å². The number of nitrogens with one attached hydrogen (secondary N) is 2. The van der Waals surface area contributed by atoms with E-state index in [-0.39, 0.29) is 18.1 Å². The third-order valence-electron chi connectivity index (χ3n) is 4.41. The van der Waals surface area contributed by atoms with Crippen LogP contribution in [0.5, 0.6) is 0 Å². The monoisotopic (exact) mass is 384 g/mol. The van der Waals surface area contributed by atoms with Gasteiger partial charge in [-0.2, -0.15) is 0 Å². The van der Waals surface area contributed by atoms with Crippen LogP contribution in [0.15, 0.2) is 48.7 Å². The van der Waals surface area contributed by atoms with E-state index in [2.05, 4.69) is 10.3 Å². The van der Waals surface area contributed by atoms with Gasteiger partial charge in [0.1, 0.15) is 5.82 Å². The van der Waals surface area contributed by atoms with E-state index in [0.717, 1.165) is 27.6 Å². The zero-order valence-corrected chi connectivity index (χ0v) is 16.0. The minimum atomic E-state index is -0.311. The Morgan fingerprint density at radius 3 is 2.79 bits per heavy atom. The number of hydrogen-bond donors (Lipinski definition) is 2. The molecule has 0 saturated heterocycles. The van der Waals surface area contributed by atoms with Crippen LogP contribution in [0.1, 0.15) is 23.6 Å². The summed E-state index contributed by atoms with van der Waals surface area (Å²) in [6, 6.07) is 12.4. The summed E-state index contributed by atoms with van der Waals surface area (Å²) in [7, 11) is 0. The second-order valence-electron chi connectivity index (χ2n) is 6.53. The van der Waals surface area contributed by atoms with Crippen molar-refractivity contribution in [3.8, 4) is 0 Å². The predicted octanol–water partition coefficient (Wildman–Crippen LogP) is 3.72. The van der Waals surface area contributed by atoms with Crippen molar-refractivity contribution in [2.24, 2.45) is 0 Å². The first kappa shape index (κ1) is 20.0. The lowest BCUT2D eigenvalue weighted by molar-refractivity contribution is -0.120. The summed E-state index contributed by atoms with van der Waals surface area (Å²) in [6.45, 7) is 4.72. The zero-order valence-electron chi connectivity index (χ0n) is 16.0. The van der Waals surface area contributed by atoms with Crippen molar-refractivity contribution < 1.29 is 18.7 Å². The zero-order chi connectivity index (χ0) is 19.8. The maximum atomic E-state index is 13.5. The second kappa shape index (κ2) is 10.0. The van der Waals surface area contributed by atoms with Crippen molar-refractivity contribution in [2.45, 2.75) is 26.5 Å². The van der Waals surface area contributed by atoms with Gasteiger partial charge in [0.25, 0.3) is 0 Å². The molecule has 0 unspecified atom stereocenters. The predicted molar refractivity (Wildman–Crippen MR) is 106 cm³/mol. The topological polar surface area (TPSA) is 63.4 Å². The summed E-state index contributed by atoms with van der Waals surface area (Å²) in [5, 5.41) is 3.66. The number of carbonyl (C=O) groups excluding carboxylic acids is 1. The van der Waals surface area contributed by atoms with E-state index in [1.165, 1.54) is 12.1 Å². The lowest BCUT2D eigenvalue weighted by Crippen LogP contribution is -2.24. The largest absolute Gasteiger partial charge is 0.379 e. The van der Waals surface area contributed by atoms with Crippen LogP contribution in [0, 0.1) is 5.82 Å². The van der Waals surface area contributed by atoms with Crippen molar-refractivity contribution in [2.75, 3.05) is 19.8 Å². The second-order valence-corrected chi connectivity index (χ2v) is 6.53. The molecule has 2 aromatic carbocycles. The molecule has 1 aromatic heterocycles. The summed E-state index contributed by atoms with van der Waals surface area (Å²) < 4.78 is 24.3. The summed E-state index contributed by atoms with van der Waals surface area (Å²) in [4.78, 5) is 15.4. The van der Waals surface area contributed by atoms with Gasteiger partial charge in [-0.25, -0.2) is 4.39 Å². The number of benzene rings is 2. The number of halogens is 1. The average Bonchev–Trinajstić information content (AvgIpc) is 3.08. The Labute approximate surface area is 163 Å². The molecule has 0 spiro atoms. The van der Waals surface area contributed by atoms with Gasteiger partial charge in [-0.05, 0) is 41.8 Å². The molecule has 2 N–H and O–H groups in total. The van der Waals surface area contributed by atoms with Crippen LogP contribution < -0.4 is 5.32 Å². The number of rotatable bonds is 10. The standard InChI is InChI=1S/C22H25FN2O3/c1-2-27-8-9-28-15-17-5-3-4-16(10-17)13-25-22(26)11-18-14-24-21-7-6-19(23)12-20(18)21/h3-7,10,12,14,24H,2,8-9,11,13,15H2,1H3,(H,25,26). The fourth-order valence-corrected chi connectivity index (χ4v) is 3.01. The van der Waals surface area contributed by atoms with E-state index in [1.54, 1.807) is 12.3 Å². The Bertz CT molecular complexity index is 923. The van der Waals surface area contributed by atoms with Crippen molar-refractivity contribution >= 4 is 16.8 Å². The van der Waals surface area contributed by atoms with Crippen LogP contribution in [-0.4, -0.2) is 30.7 Å². The molecule has 3 aromatic rings. The number of amides is 1. The Kier molecular flexibility index (Phi) is 7.17. The summed E-state index contributed by atoms with van der Waals surface area (Å²) >= 11 is 0. The molecule has 5 nitrogen and oxygen atoms in total. The Hall–Kier alpha value is -2.70. The molecule has 3 rings (SSSR count). The molecule has 0 aliphatic heterocycles. The first-order chi connectivity index (χ1) is 13.7. The van der Waals surface area contributed by atoms with Crippen molar-refractivity contribution in [3.05, 3.63) is 71.2 Å². The van der Waals surface area contributed by atoms with E-state index in [0.29, 0.717) is 33.0 Å². The number of ether oxygens (including phenoxy) is 2. The first-order valence-electron chi connectivity index (χ1n) is 9.41.